The number of amides is 2. The summed E-state index contributed by atoms with van der Waals surface area (Å²) in [5.74, 6) is -0.325. The van der Waals surface area contributed by atoms with Gasteiger partial charge in [-0.15, -0.1) is 0 Å². The number of hydrogen-bond acceptors (Lipinski definition) is 3. The minimum atomic E-state index is -0.525. The summed E-state index contributed by atoms with van der Waals surface area (Å²) in [5.41, 5.74) is 8.07. The number of aryl methyl sites for hydroxylation is 6. The molecule has 2 aromatic carbocycles. The highest BCUT2D eigenvalue weighted by atomic mass is 16.2. The molecule has 4 heteroatoms. The molecule has 26 heavy (non-hydrogen) atoms. The SMILES string of the molecule is Cc1cc(C)c(N[C@@H]2CC(=O)N(c3c(C)cc(C)cc3C)C2=O)c(C)c1. The predicted octanol–water partition coefficient (Wildman–Crippen LogP) is 4.28. The van der Waals surface area contributed by atoms with Gasteiger partial charge >= 0.3 is 0 Å². The summed E-state index contributed by atoms with van der Waals surface area (Å²) in [4.78, 5) is 27.1. The predicted molar refractivity (Wildman–Crippen MR) is 106 cm³/mol. The van der Waals surface area contributed by atoms with E-state index >= 15 is 0 Å². The van der Waals surface area contributed by atoms with Crippen molar-refractivity contribution >= 4 is 23.2 Å². The molecular formula is C22H26N2O2. The third-order valence-corrected chi connectivity index (χ3v) is 5.00. The molecule has 3 rings (SSSR count). The molecule has 2 amide bonds. The van der Waals surface area contributed by atoms with E-state index in [1.54, 1.807) is 0 Å². The van der Waals surface area contributed by atoms with Gasteiger partial charge in [0.2, 0.25) is 5.91 Å². The maximum atomic E-state index is 13.0. The number of rotatable bonds is 3. The Morgan fingerprint density at radius 3 is 1.77 bits per heavy atom. The van der Waals surface area contributed by atoms with Crippen LogP contribution in [-0.4, -0.2) is 17.9 Å². The molecule has 0 saturated carbocycles. The van der Waals surface area contributed by atoms with E-state index in [1.807, 2.05) is 46.8 Å². The second-order valence-corrected chi connectivity index (χ2v) is 7.49. The smallest absolute Gasteiger partial charge is 0.256 e. The Bertz CT molecular complexity index is 868. The molecule has 1 heterocycles. The van der Waals surface area contributed by atoms with Crippen molar-refractivity contribution in [1.82, 2.24) is 0 Å². The van der Waals surface area contributed by atoms with Crippen molar-refractivity contribution in [1.29, 1.82) is 0 Å². The van der Waals surface area contributed by atoms with Crippen LogP contribution in [0.15, 0.2) is 24.3 Å². The van der Waals surface area contributed by atoms with Gasteiger partial charge in [-0.25, -0.2) is 4.90 Å². The van der Waals surface area contributed by atoms with Gasteiger partial charge in [-0.3, -0.25) is 9.59 Å². The molecular weight excluding hydrogens is 324 g/mol. The third-order valence-electron chi connectivity index (χ3n) is 5.00. The van der Waals surface area contributed by atoms with Crippen LogP contribution in [0.5, 0.6) is 0 Å². The van der Waals surface area contributed by atoms with Crippen molar-refractivity contribution in [2.75, 3.05) is 10.2 Å². The number of imide groups is 1. The van der Waals surface area contributed by atoms with Crippen LogP contribution in [0.3, 0.4) is 0 Å². The summed E-state index contributed by atoms with van der Waals surface area (Å²) in [6.07, 6.45) is 0.179. The standard InChI is InChI=1S/C22H26N2O2/c1-12-7-14(3)20(15(4)8-12)23-18-11-19(25)24(22(18)26)21-16(5)9-13(2)10-17(21)6/h7-10,18,23H,11H2,1-6H3/t18-/m1/s1. The van der Waals surface area contributed by atoms with Gasteiger partial charge in [-0.1, -0.05) is 35.4 Å². The van der Waals surface area contributed by atoms with Gasteiger partial charge in [0.05, 0.1) is 12.1 Å². The van der Waals surface area contributed by atoms with Gasteiger partial charge in [0.1, 0.15) is 6.04 Å². The first-order chi connectivity index (χ1) is 12.2. The zero-order chi connectivity index (χ0) is 19.2. The zero-order valence-electron chi connectivity index (χ0n) is 16.4. The quantitative estimate of drug-likeness (QED) is 0.841. The van der Waals surface area contributed by atoms with Crippen molar-refractivity contribution in [3.05, 3.63) is 57.6 Å². The molecule has 2 aromatic rings. The highest BCUT2D eigenvalue weighted by Gasteiger charge is 2.41. The number of benzene rings is 2. The number of carbonyl (C=O) groups excluding carboxylic acids is 2. The van der Waals surface area contributed by atoms with Crippen LogP contribution < -0.4 is 10.2 Å². The Morgan fingerprint density at radius 2 is 1.27 bits per heavy atom. The van der Waals surface area contributed by atoms with Gasteiger partial charge in [0.25, 0.3) is 5.91 Å². The molecule has 0 radical (unpaired) electrons. The Labute approximate surface area is 155 Å². The monoisotopic (exact) mass is 350 g/mol. The number of nitrogens with one attached hydrogen (secondary N) is 1. The van der Waals surface area contributed by atoms with E-state index < -0.39 is 6.04 Å². The molecule has 1 saturated heterocycles. The van der Waals surface area contributed by atoms with E-state index in [9.17, 15) is 9.59 Å². The summed E-state index contributed by atoms with van der Waals surface area (Å²) < 4.78 is 0. The lowest BCUT2D eigenvalue weighted by molar-refractivity contribution is -0.121. The van der Waals surface area contributed by atoms with E-state index in [1.165, 1.54) is 10.5 Å². The maximum Gasteiger partial charge on any atom is 0.256 e. The lowest BCUT2D eigenvalue weighted by Crippen LogP contribution is -2.36. The van der Waals surface area contributed by atoms with Gasteiger partial charge in [-0.2, -0.15) is 0 Å². The Balaban J connectivity index is 1.94. The molecule has 0 aromatic heterocycles. The summed E-state index contributed by atoms with van der Waals surface area (Å²) in [6, 6.07) is 7.67. The van der Waals surface area contributed by atoms with Crippen LogP contribution in [0.4, 0.5) is 11.4 Å². The van der Waals surface area contributed by atoms with Crippen molar-refractivity contribution in [3.63, 3.8) is 0 Å². The summed E-state index contributed by atoms with van der Waals surface area (Å²) in [7, 11) is 0. The fraction of sp³-hybridized carbons (Fsp3) is 0.364. The molecule has 0 unspecified atom stereocenters. The molecule has 4 nitrogen and oxygen atoms in total. The average Bonchev–Trinajstić information content (AvgIpc) is 2.77. The molecule has 1 atom stereocenters. The molecule has 1 fully saturated rings. The molecule has 1 N–H and O–H groups in total. The molecule has 136 valence electrons. The summed E-state index contributed by atoms with van der Waals surface area (Å²) >= 11 is 0. The van der Waals surface area contributed by atoms with Crippen LogP contribution in [0, 0.1) is 41.5 Å². The number of nitrogens with zero attached hydrogens (tertiary/aromatic N) is 1. The van der Waals surface area contributed by atoms with E-state index in [-0.39, 0.29) is 18.2 Å². The number of hydrogen-bond donors (Lipinski definition) is 1. The lowest BCUT2D eigenvalue weighted by Gasteiger charge is -2.22. The van der Waals surface area contributed by atoms with Crippen molar-refractivity contribution in [2.45, 2.75) is 54.0 Å². The minimum absolute atomic E-state index is 0.148. The minimum Gasteiger partial charge on any atom is -0.373 e. The zero-order valence-corrected chi connectivity index (χ0v) is 16.4. The first-order valence-corrected chi connectivity index (χ1v) is 8.98. The fourth-order valence-corrected chi connectivity index (χ4v) is 4.09. The number of carbonyl (C=O) groups is 2. The summed E-state index contributed by atoms with van der Waals surface area (Å²) in [5, 5.41) is 3.32. The molecule has 1 aliphatic heterocycles. The van der Waals surface area contributed by atoms with Crippen LogP contribution in [0.25, 0.3) is 0 Å². The second-order valence-electron chi connectivity index (χ2n) is 7.49. The highest BCUT2D eigenvalue weighted by molar-refractivity contribution is 6.23. The van der Waals surface area contributed by atoms with Crippen LogP contribution >= 0.6 is 0 Å². The first kappa shape index (κ1) is 18.2. The van der Waals surface area contributed by atoms with Crippen LogP contribution in [-0.2, 0) is 9.59 Å². The van der Waals surface area contributed by atoms with E-state index in [0.29, 0.717) is 0 Å². The molecule has 0 bridgehead atoms. The van der Waals surface area contributed by atoms with Crippen LogP contribution in [0.1, 0.15) is 39.8 Å². The van der Waals surface area contributed by atoms with E-state index in [2.05, 4.69) is 24.4 Å². The normalized spacial score (nSPS) is 17.2. The maximum absolute atomic E-state index is 13.0. The van der Waals surface area contributed by atoms with Crippen molar-refractivity contribution < 1.29 is 9.59 Å². The number of anilines is 2. The van der Waals surface area contributed by atoms with Gasteiger partial charge < -0.3 is 5.32 Å². The lowest BCUT2D eigenvalue weighted by atomic mass is 10.0. The van der Waals surface area contributed by atoms with Crippen LogP contribution in [0.2, 0.25) is 0 Å². The van der Waals surface area contributed by atoms with Gasteiger partial charge in [0, 0.05) is 5.69 Å². The Morgan fingerprint density at radius 1 is 0.808 bits per heavy atom. The Kier molecular flexibility index (Phi) is 4.61. The van der Waals surface area contributed by atoms with E-state index in [4.69, 9.17) is 0 Å². The van der Waals surface area contributed by atoms with Crippen molar-refractivity contribution in [3.8, 4) is 0 Å². The molecule has 1 aliphatic rings. The largest absolute Gasteiger partial charge is 0.373 e. The van der Waals surface area contributed by atoms with E-state index in [0.717, 1.165) is 39.2 Å². The first-order valence-electron chi connectivity index (χ1n) is 8.98. The fourth-order valence-electron chi connectivity index (χ4n) is 4.09. The summed E-state index contributed by atoms with van der Waals surface area (Å²) in [6.45, 7) is 12.0. The topological polar surface area (TPSA) is 49.4 Å². The Hall–Kier alpha value is -2.62. The van der Waals surface area contributed by atoms with Gasteiger partial charge in [-0.05, 0) is 63.8 Å². The average molecular weight is 350 g/mol. The van der Waals surface area contributed by atoms with Gasteiger partial charge in [0.15, 0.2) is 0 Å². The molecule has 0 aliphatic carbocycles. The highest BCUT2D eigenvalue weighted by Crippen LogP contribution is 2.32. The molecule has 0 spiro atoms. The third kappa shape index (κ3) is 3.12. The van der Waals surface area contributed by atoms with Crippen molar-refractivity contribution in [2.24, 2.45) is 0 Å². The second kappa shape index (κ2) is 6.60.